The SMILES string of the molecule is COc1ccc(NC(=O)c2ccccc2-c2ccc(C=O)o2)cc1OC. The van der Waals surface area contributed by atoms with Gasteiger partial charge in [0.25, 0.3) is 5.91 Å². The summed E-state index contributed by atoms with van der Waals surface area (Å²) >= 11 is 0. The molecule has 0 spiro atoms. The molecule has 0 atom stereocenters. The summed E-state index contributed by atoms with van der Waals surface area (Å²) in [7, 11) is 3.07. The summed E-state index contributed by atoms with van der Waals surface area (Å²) in [6.07, 6.45) is 0.621. The van der Waals surface area contributed by atoms with Crippen LogP contribution in [0.25, 0.3) is 11.3 Å². The number of furan rings is 1. The molecule has 6 nitrogen and oxygen atoms in total. The summed E-state index contributed by atoms with van der Waals surface area (Å²) in [5, 5.41) is 2.83. The minimum absolute atomic E-state index is 0.204. The predicted octanol–water partition coefficient (Wildman–Crippen LogP) is 4.03. The fraction of sp³-hybridized carbons (Fsp3) is 0.100. The van der Waals surface area contributed by atoms with Gasteiger partial charge >= 0.3 is 0 Å². The molecule has 0 unspecified atom stereocenters. The standard InChI is InChI=1S/C20H17NO5/c1-24-18-9-7-13(11-19(18)25-2)21-20(23)16-6-4-3-5-15(16)17-10-8-14(12-22)26-17/h3-12H,1-2H3,(H,21,23). The van der Waals surface area contributed by atoms with Crippen molar-refractivity contribution < 1.29 is 23.5 Å². The van der Waals surface area contributed by atoms with Gasteiger partial charge in [-0.3, -0.25) is 9.59 Å². The van der Waals surface area contributed by atoms with E-state index in [1.165, 1.54) is 7.11 Å². The van der Waals surface area contributed by atoms with Crippen LogP contribution in [0, 0.1) is 0 Å². The van der Waals surface area contributed by atoms with E-state index in [-0.39, 0.29) is 11.7 Å². The number of hydrogen-bond acceptors (Lipinski definition) is 5. The highest BCUT2D eigenvalue weighted by molar-refractivity contribution is 6.08. The normalized spacial score (nSPS) is 10.2. The van der Waals surface area contributed by atoms with Crippen molar-refractivity contribution in [1.29, 1.82) is 0 Å². The van der Waals surface area contributed by atoms with E-state index >= 15 is 0 Å². The van der Waals surface area contributed by atoms with Crippen LogP contribution in [0.4, 0.5) is 5.69 Å². The highest BCUT2D eigenvalue weighted by atomic mass is 16.5. The van der Waals surface area contributed by atoms with Gasteiger partial charge in [-0.1, -0.05) is 18.2 Å². The molecule has 1 heterocycles. The average molecular weight is 351 g/mol. The number of benzene rings is 2. The van der Waals surface area contributed by atoms with Crippen LogP contribution in [-0.2, 0) is 0 Å². The summed E-state index contributed by atoms with van der Waals surface area (Å²) < 4.78 is 15.9. The summed E-state index contributed by atoms with van der Waals surface area (Å²) in [6, 6.07) is 15.3. The van der Waals surface area contributed by atoms with E-state index in [1.807, 2.05) is 0 Å². The van der Waals surface area contributed by atoms with Crippen LogP contribution in [0.15, 0.2) is 59.0 Å². The third kappa shape index (κ3) is 3.44. The van der Waals surface area contributed by atoms with Crippen molar-refractivity contribution in [3.05, 3.63) is 65.9 Å². The second-order valence-corrected chi connectivity index (χ2v) is 5.39. The molecule has 1 N–H and O–H groups in total. The van der Waals surface area contributed by atoms with Gasteiger partial charge < -0.3 is 19.2 Å². The van der Waals surface area contributed by atoms with Crippen LogP contribution in [0.1, 0.15) is 20.9 Å². The number of nitrogens with one attached hydrogen (secondary N) is 1. The molecule has 0 aliphatic carbocycles. The Balaban J connectivity index is 1.90. The third-order valence-electron chi connectivity index (χ3n) is 3.82. The van der Waals surface area contributed by atoms with Crippen molar-refractivity contribution in [2.45, 2.75) is 0 Å². The molecule has 3 rings (SSSR count). The van der Waals surface area contributed by atoms with Gasteiger partial charge in [0.1, 0.15) is 5.76 Å². The molecule has 3 aromatic rings. The Hall–Kier alpha value is -3.54. The molecule has 26 heavy (non-hydrogen) atoms. The summed E-state index contributed by atoms with van der Waals surface area (Å²) in [5.74, 6) is 1.43. The Bertz CT molecular complexity index is 945. The molecule has 1 amide bonds. The van der Waals surface area contributed by atoms with Crippen LogP contribution < -0.4 is 14.8 Å². The molecule has 0 saturated carbocycles. The summed E-state index contributed by atoms with van der Waals surface area (Å²) in [4.78, 5) is 23.6. The van der Waals surface area contributed by atoms with Crippen molar-refractivity contribution in [3.63, 3.8) is 0 Å². The second kappa shape index (κ2) is 7.57. The van der Waals surface area contributed by atoms with Gasteiger partial charge in [-0.05, 0) is 30.3 Å². The molecule has 0 saturated heterocycles. The number of carbonyl (C=O) groups is 2. The van der Waals surface area contributed by atoms with Gasteiger partial charge in [0.2, 0.25) is 0 Å². The van der Waals surface area contributed by atoms with E-state index < -0.39 is 0 Å². The Kier molecular flexibility index (Phi) is 5.03. The van der Waals surface area contributed by atoms with Gasteiger partial charge in [0.15, 0.2) is 23.5 Å². The van der Waals surface area contributed by atoms with Crippen LogP contribution in [0.3, 0.4) is 0 Å². The number of methoxy groups -OCH3 is 2. The fourth-order valence-electron chi connectivity index (χ4n) is 2.57. The number of carbonyl (C=O) groups excluding carboxylic acids is 2. The lowest BCUT2D eigenvalue weighted by atomic mass is 10.0. The first-order chi connectivity index (χ1) is 12.7. The van der Waals surface area contributed by atoms with Crippen molar-refractivity contribution in [3.8, 4) is 22.8 Å². The first-order valence-corrected chi connectivity index (χ1v) is 7.84. The number of hydrogen-bond donors (Lipinski definition) is 1. The topological polar surface area (TPSA) is 77.8 Å². The number of aldehydes is 1. The fourth-order valence-corrected chi connectivity index (χ4v) is 2.57. The number of rotatable bonds is 6. The first-order valence-electron chi connectivity index (χ1n) is 7.84. The average Bonchev–Trinajstić information content (AvgIpc) is 3.17. The molecular formula is C20H17NO5. The van der Waals surface area contributed by atoms with E-state index in [4.69, 9.17) is 13.9 Å². The molecule has 0 aliphatic heterocycles. The van der Waals surface area contributed by atoms with Crippen LogP contribution in [-0.4, -0.2) is 26.4 Å². The number of ether oxygens (including phenoxy) is 2. The zero-order chi connectivity index (χ0) is 18.5. The van der Waals surface area contributed by atoms with E-state index in [0.717, 1.165) is 0 Å². The van der Waals surface area contributed by atoms with E-state index in [1.54, 1.807) is 61.7 Å². The van der Waals surface area contributed by atoms with Gasteiger partial charge in [-0.2, -0.15) is 0 Å². The third-order valence-corrected chi connectivity index (χ3v) is 3.82. The van der Waals surface area contributed by atoms with Crippen molar-refractivity contribution >= 4 is 17.9 Å². The molecule has 0 fully saturated rings. The predicted molar refractivity (Wildman–Crippen MR) is 97.0 cm³/mol. The van der Waals surface area contributed by atoms with Crippen LogP contribution in [0.5, 0.6) is 11.5 Å². The number of amides is 1. The molecule has 0 radical (unpaired) electrons. The molecule has 0 aliphatic rings. The second-order valence-electron chi connectivity index (χ2n) is 5.39. The first kappa shape index (κ1) is 17.3. The lowest BCUT2D eigenvalue weighted by Gasteiger charge is -2.12. The monoisotopic (exact) mass is 351 g/mol. The van der Waals surface area contributed by atoms with Crippen molar-refractivity contribution in [2.24, 2.45) is 0 Å². The zero-order valence-corrected chi connectivity index (χ0v) is 14.3. The van der Waals surface area contributed by atoms with Crippen molar-refractivity contribution in [2.75, 3.05) is 19.5 Å². The molecule has 0 bridgehead atoms. The molecule has 132 valence electrons. The highest BCUT2D eigenvalue weighted by Gasteiger charge is 2.16. The Morgan fingerprint density at radius 2 is 1.77 bits per heavy atom. The molecule has 2 aromatic carbocycles. The lowest BCUT2D eigenvalue weighted by Crippen LogP contribution is -2.13. The van der Waals surface area contributed by atoms with Crippen LogP contribution in [0.2, 0.25) is 0 Å². The largest absolute Gasteiger partial charge is 0.493 e. The summed E-state index contributed by atoms with van der Waals surface area (Å²) in [6.45, 7) is 0. The van der Waals surface area contributed by atoms with Crippen LogP contribution >= 0.6 is 0 Å². The van der Waals surface area contributed by atoms with E-state index in [9.17, 15) is 9.59 Å². The maximum atomic E-state index is 12.7. The minimum Gasteiger partial charge on any atom is -0.493 e. The summed E-state index contributed by atoms with van der Waals surface area (Å²) in [5.41, 5.74) is 1.59. The molecule has 1 aromatic heterocycles. The lowest BCUT2D eigenvalue weighted by molar-refractivity contribution is 0.102. The number of anilines is 1. The Labute approximate surface area is 150 Å². The Morgan fingerprint density at radius 3 is 2.46 bits per heavy atom. The quantitative estimate of drug-likeness (QED) is 0.679. The van der Waals surface area contributed by atoms with Gasteiger partial charge in [0, 0.05) is 17.3 Å². The molecule has 6 heteroatoms. The van der Waals surface area contributed by atoms with E-state index in [0.29, 0.717) is 40.4 Å². The zero-order valence-electron chi connectivity index (χ0n) is 14.3. The molecular weight excluding hydrogens is 334 g/mol. The van der Waals surface area contributed by atoms with Gasteiger partial charge in [-0.15, -0.1) is 0 Å². The smallest absolute Gasteiger partial charge is 0.256 e. The van der Waals surface area contributed by atoms with E-state index in [2.05, 4.69) is 5.32 Å². The highest BCUT2D eigenvalue weighted by Crippen LogP contribution is 2.31. The Morgan fingerprint density at radius 1 is 1.00 bits per heavy atom. The minimum atomic E-state index is -0.308. The van der Waals surface area contributed by atoms with Gasteiger partial charge in [0.05, 0.1) is 19.8 Å². The maximum absolute atomic E-state index is 12.7. The van der Waals surface area contributed by atoms with Crippen molar-refractivity contribution in [1.82, 2.24) is 0 Å². The van der Waals surface area contributed by atoms with Gasteiger partial charge in [-0.25, -0.2) is 0 Å². The maximum Gasteiger partial charge on any atom is 0.256 e.